The van der Waals surface area contributed by atoms with Gasteiger partial charge >= 0.3 is 0 Å². The highest BCUT2D eigenvalue weighted by Gasteiger charge is 2.18. The van der Waals surface area contributed by atoms with Gasteiger partial charge in [-0.05, 0) is 18.2 Å². The predicted molar refractivity (Wildman–Crippen MR) is 70.0 cm³/mol. The van der Waals surface area contributed by atoms with Crippen LogP contribution >= 0.6 is 0 Å². The molecule has 7 nitrogen and oxygen atoms in total. The number of benzene rings is 1. The Morgan fingerprint density at radius 2 is 2.05 bits per heavy atom. The Kier molecular flexibility index (Phi) is 5.28. The number of anilines is 1. The highest BCUT2D eigenvalue weighted by molar-refractivity contribution is 5.99. The van der Waals surface area contributed by atoms with Gasteiger partial charge in [0.15, 0.2) is 0 Å². The number of ether oxygens (including phenoxy) is 2. The van der Waals surface area contributed by atoms with Gasteiger partial charge in [0.05, 0.1) is 12.8 Å². The van der Waals surface area contributed by atoms with E-state index in [9.17, 15) is 9.59 Å². The fraction of sp³-hybridized carbons (Fsp3) is 0.333. The molecule has 1 unspecified atom stereocenters. The predicted octanol–water partition coefficient (Wildman–Crippen LogP) is -0.294. The standard InChI is InChI=1S/C12H17N3O4/c1-18-9-4-3-7(11(14)16)5-8(9)15-12(17)10(6-13)19-2/h3-5,10H,6,13H2,1-2H3,(H2,14,16)(H,15,17). The minimum atomic E-state index is -0.776. The van der Waals surface area contributed by atoms with Crippen molar-refractivity contribution >= 4 is 17.5 Å². The maximum atomic E-state index is 11.8. The van der Waals surface area contributed by atoms with Crippen LogP contribution in [0.25, 0.3) is 0 Å². The van der Waals surface area contributed by atoms with E-state index in [-0.39, 0.29) is 12.1 Å². The lowest BCUT2D eigenvalue weighted by Crippen LogP contribution is -2.36. The first kappa shape index (κ1) is 14.9. The van der Waals surface area contributed by atoms with Gasteiger partial charge in [0.25, 0.3) is 5.91 Å². The van der Waals surface area contributed by atoms with Crippen molar-refractivity contribution in [2.75, 3.05) is 26.1 Å². The molecule has 0 fully saturated rings. The zero-order chi connectivity index (χ0) is 14.4. The molecule has 1 atom stereocenters. The molecule has 0 aliphatic rings. The van der Waals surface area contributed by atoms with Crippen molar-refractivity contribution in [3.8, 4) is 5.75 Å². The van der Waals surface area contributed by atoms with Gasteiger partial charge < -0.3 is 26.3 Å². The summed E-state index contributed by atoms with van der Waals surface area (Å²) >= 11 is 0. The maximum absolute atomic E-state index is 11.8. The summed E-state index contributed by atoms with van der Waals surface area (Å²) in [6.07, 6.45) is -0.776. The smallest absolute Gasteiger partial charge is 0.254 e. The molecule has 19 heavy (non-hydrogen) atoms. The van der Waals surface area contributed by atoms with Gasteiger partial charge in [0.2, 0.25) is 5.91 Å². The molecule has 1 rings (SSSR count). The maximum Gasteiger partial charge on any atom is 0.254 e. The van der Waals surface area contributed by atoms with E-state index in [0.29, 0.717) is 11.4 Å². The average Bonchev–Trinajstić information content (AvgIpc) is 2.39. The Morgan fingerprint density at radius 3 is 2.53 bits per heavy atom. The number of hydrogen-bond acceptors (Lipinski definition) is 5. The second kappa shape index (κ2) is 6.72. The van der Waals surface area contributed by atoms with Crippen LogP contribution in [0, 0.1) is 0 Å². The van der Waals surface area contributed by atoms with Crippen molar-refractivity contribution < 1.29 is 19.1 Å². The first-order valence-electron chi connectivity index (χ1n) is 5.55. The minimum Gasteiger partial charge on any atom is -0.495 e. The van der Waals surface area contributed by atoms with Gasteiger partial charge in [-0.15, -0.1) is 0 Å². The Balaban J connectivity index is 3.00. The van der Waals surface area contributed by atoms with Crippen molar-refractivity contribution in [3.05, 3.63) is 23.8 Å². The lowest BCUT2D eigenvalue weighted by molar-refractivity contribution is -0.125. The Bertz CT molecular complexity index is 472. The molecular formula is C12H17N3O4. The molecule has 1 aromatic carbocycles. The number of rotatable bonds is 6. The SMILES string of the molecule is COc1ccc(C(N)=O)cc1NC(=O)C(CN)OC. The van der Waals surface area contributed by atoms with E-state index in [0.717, 1.165) is 0 Å². The second-order valence-electron chi connectivity index (χ2n) is 3.73. The highest BCUT2D eigenvalue weighted by atomic mass is 16.5. The van der Waals surface area contributed by atoms with E-state index in [1.165, 1.54) is 26.4 Å². The number of methoxy groups -OCH3 is 2. The van der Waals surface area contributed by atoms with Gasteiger partial charge in [-0.3, -0.25) is 9.59 Å². The monoisotopic (exact) mass is 267 g/mol. The quantitative estimate of drug-likeness (QED) is 0.654. The topological polar surface area (TPSA) is 117 Å². The number of carbonyl (C=O) groups excluding carboxylic acids is 2. The Morgan fingerprint density at radius 1 is 1.37 bits per heavy atom. The third kappa shape index (κ3) is 3.67. The molecule has 0 spiro atoms. The molecule has 0 saturated carbocycles. The molecule has 0 heterocycles. The van der Waals surface area contributed by atoms with Crippen LogP contribution in [-0.2, 0) is 9.53 Å². The van der Waals surface area contributed by atoms with Crippen molar-refractivity contribution in [3.63, 3.8) is 0 Å². The Labute approximate surface area is 110 Å². The van der Waals surface area contributed by atoms with E-state index >= 15 is 0 Å². The molecule has 104 valence electrons. The summed E-state index contributed by atoms with van der Waals surface area (Å²) < 4.78 is 10.0. The van der Waals surface area contributed by atoms with Crippen molar-refractivity contribution in [2.45, 2.75) is 6.10 Å². The number of hydrogen-bond donors (Lipinski definition) is 3. The van der Waals surface area contributed by atoms with Crippen LogP contribution in [0.15, 0.2) is 18.2 Å². The van der Waals surface area contributed by atoms with Crippen LogP contribution in [0.5, 0.6) is 5.75 Å². The average molecular weight is 267 g/mol. The highest BCUT2D eigenvalue weighted by Crippen LogP contribution is 2.25. The van der Waals surface area contributed by atoms with Gasteiger partial charge in [-0.25, -0.2) is 0 Å². The van der Waals surface area contributed by atoms with E-state index in [1.807, 2.05) is 0 Å². The molecule has 0 radical (unpaired) electrons. The minimum absolute atomic E-state index is 0.0418. The number of nitrogens with one attached hydrogen (secondary N) is 1. The number of carbonyl (C=O) groups is 2. The lowest BCUT2D eigenvalue weighted by Gasteiger charge is -2.15. The van der Waals surface area contributed by atoms with Crippen LogP contribution in [-0.4, -0.2) is 38.7 Å². The van der Waals surface area contributed by atoms with Crippen molar-refractivity contribution in [1.29, 1.82) is 0 Å². The number of nitrogens with two attached hydrogens (primary N) is 2. The van der Waals surface area contributed by atoms with Crippen LogP contribution < -0.4 is 21.5 Å². The number of amides is 2. The van der Waals surface area contributed by atoms with Crippen LogP contribution in [0.1, 0.15) is 10.4 Å². The summed E-state index contributed by atoms with van der Waals surface area (Å²) in [6.45, 7) is 0.0418. The fourth-order valence-electron chi connectivity index (χ4n) is 1.48. The molecule has 0 aliphatic heterocycles. The van der Waals surface area contributed by atoms with E-state index in [1.54, 1.807) is 6.07 Å². The molecule has 0 saturated heterocycles. The molecule has 0 aliphatic carbocycles. The first-order chi connectivity index (χ1) is 9.03. The molecule has 2 amide bonds. The first-order valence-corrected chi connectivity index (χ1v) is 5.55. The molecule has 5 N–H and O–H groups in total. The number of primary amides is 1. The van der Waals surface area contributed by atoms with Gasteiger partial charge in [-0.2, -0.15) is 0 Å². The van der Waals surface area contributed by atoms with Crippen LogP contribution in [0.2, 0.25) is 0 Å². The van der Waals surface area contributed by atoms with E-state index in [4.69, 9.17) is 20.9 Å². The van der Waals surface area contributed by atoms with Gasteiger partial charge in [-0.1, -0.05) is 0 Å². The molecule has 1 aromatic rings. The molecule has 7 heteroatoms. The summed E-state index contributed by atoms with van der Waals surface area (Å²) in [5, 5.41) is 2.58. The zero-order valence-electron chi connectivity index (χ0n) is 10.8. The van der Waals surface area contributed by atoms with Crippen LogP contribution in [0.4, 0.5) is 5.69 Å². The molecule has 0 aromatic heterocycles. The van der Waals surface area contributed by atoms with Crippen molar-refractivity contribution in [1.82, 2.24) is 0 Å². The normalized spacial score (nSPS) is 11.7. The van der Waals surface area contributed by atoms with E-state index < -0.39 is 17.9 Å². The molecule has 0 bridgehead atoms. The Hall–Kier alpha value is -2.12. The zero-order valence-corrected chi connectivity index (χ0v) is 10.8. The second-order valence-corrected chi connectivity index (χ2v) is 3.73. The summed E-state index contributed by atoms with van der Waals surface area (Å²) in [4.78, 5) is 22.9. The third-order valence-corrected chi connectivity index (χ3v) is 2.53. The third-order valence-electron chi connectivity index (χ3n) is 2.53. The van der Waals surface area contributed by atoms with E-state index in [2.05, 4.69) is 5.32 Å². The fourth-order valence-corrected chi connectivity index (χ4v) is 1.48. The lowest BCUT2D eigenvalue weighted by atomic mass is 10.1. The summed E-state index contributed by atoms with van der Waals surface area (Å²) in [5.41, 5.74) is 11.2. The van der Waals surface area contributed by atoms with Crippen LogP contribution in [0.3, 0.4) is 0 Å². The summed E-state index contributed by atoms with van der Waals surface area (Å²) in [7, 11) is 2.83. The van der Waals surface area contributed by atoms with Crippen molar-refractivity contribution in [2.24, 2.45) is 11.5 Å². The molecular weight excluding hydrogens is 250 g/mol. The summed E-state index contributed by atoms with van der Waals surface area (Å²) in [6, 6.07) is 4.48. The van der Waals surface area contributed by atoms with Gasteiger partial charge in [0, 0.05) is 19.2 Å². The largest absolute Gasteiger partial charge is 0.495 e. The van der Waals surface area contributed by atoms with Gasteiger partial charge in [0.1, 0.15) is 11.9 Å². The summed E-state index contributed by atoms with van der Waals surface area (Å²) in [5.74, 6) is -0.615.